The summed E-state index contributed by atoms with van der Waals surface area (Å²) in [5.41, 5.74) is 5.88. The number of methoxy groups -OCH3 is 1. The molecule has 3 nitrogen and oxygen atoms in total. The van der Waals surface area contributed by atoms with Gasteiger partial charge >= 0.3 is 0 Å². The fourth-order valence-corrected chi connectivity index (χ4v) is 2.14. The van der Waals surface area contributed by atoms with Gasteiger partial charge in [-0.3, -0.25) is 0 Å². The third kappa shape index (κ3) is 1.26. The Bertz CT molecular complexity index is 153. The molecule has 0 radical (unpaired) electrons. The molecule has 3 rings (SSSR count). The molecule has 2 heterocycles. The second-order valence-corrected chi connectivity index (χ2v) is 3.62. The molecule has 3 aliphatic rings. The van der Waals surface area contributed by atoms with Gasteiger partial charge in [0, 0.05) is 12.6 Å². The first-order chi connectivity index (χ1) is 4.68. The van der Waals surface area contributed by atoms with Crippen molar-refractivity contribution in [2.45, 2.75) is 24.0 Å². The summed E-state index contributed by atoms with van der Waals surface area (Å²) < 4.78 is 10.5. The highest BCUT2D eigenvalue weighted by Gasteiger charge is 2.60. The van der Waals surface area contributed by atoms with Crippen LogP contribution in [0.15, 0.2) is 0 Å². The van der Waals surface area contributed by atoms with E-state index in [1.165, 1.54) is 0 Å². The van der Waals surface area contributed by atoms with Gasteiger partial charge in [0.1, 0.15) is 0 Å². The van der Waals surface area contributed by atoms with Crippen LogP contribution >= 0.6 is 12.4 Å². The average molecular weight is 180 g/mol. The van der Waals surface area contributed by atoms with E-state index in [1.807, 2.05) is 0 Å². The molecule has 1 saturated carbocycles. The van der Waals surface area contributed by atoms with Crippen molar-refractivity contribution in [2.75, 3.05) is 20.3 Å². The number of rotatable bonds is 2. The third-order valence-corrected chi connectivity index (χ3v) is 2.42. The maximum absolute atomic E-state index is 5.88. The van der Waals surface area contributed by atoms with Crippen molar-refractivity contribution < 1.29 is 9.47 Å². The van der Waals surface area contributed by atoms with Gasteiger partial charge in [-0.15, -0.1) is 12.4 Å². The highest BCUT2D eigenvalue weighted by Crippen LogP contribution is 2.49. The van der Waals surface area contributed by atoms with Crippen molar-refractivity contribution >= 4 is 12.4 Å². The molecule has 66 valence electrons. The van der Waals surface area contributed by atoms with Gasteiger partial charge in [-0.05, 0) is 12.8 Å². The van der Waals surface area contributed by atoms with E-state index in [0.29, 0.717) is 6.61 Å². The molecule has 0 amide bonds. The van der Waals surface area contributed by atoms with Crippen molar-refractivity contribution in [3.8, 4) is 0 Å². The van der Waals surface area contributed by atoms with E-state index in [0.717, 1.165) is 19.4 Å². The third-order valence-electron chi connectivity index (χ3n) is 2.42. The lowest BCUT2D eigenvalue weighted by molar-refractivity contribution is -0.0600. The van der Waals surface area contributed by atoms with Crippen LogP contribution < -0.4 is 5.73 Å². The molecule has 2 saturated heterocycles. The van der Waals surface area contributed by atoms with Crippen LogP contribution in [0.2, 0.25) is 0 Å². The van der Waals surface area contributed by atoms with Crippen molar-refractivity contribution in [3.63, 3.8) is 0 Å². The van der Waals surface area contributed by atoms with Crippen LogP contribution in [0, 0.1) is 0 Å². The molecular weight excluding hydrogens is 166 g/mol. The fourth-order valence-electron chi connectivity index (χ4n) is 2.14. The van der Waals surface area contributed by atoms with Crippen molar-refractivity contribution in [2.24, 2.45) is 5.73 Å². The van der Waals surface area contributed by atoms with Gasteiger partial charge < -0.3 is 15.2 Å². The predicted octanol–water partition coefficient (Wildman–Crippen LogP) is 0.315. The summed E-state index contributed by atoms with van der Waals surface area (Å²) in [6.45, 7) is 1.42. The number of halogens is 1. The number of hydrogen-bond donors (Lipinski definition) is 1. The van der Waals surface area contributed by atoms with Crippen LogP contribution in [0.5, 0.6) is 0 Å². The van der Waals surface area contributed by atoms with Gasteiger partial charge in [0.2, 0.25) is 0 Å². The molecule has 0 aromatic rings. The topological polar surface area (TPSA) is 44.5 Å². The summed E-state index contributed by atoms with van der Waals surface area (Å²) in [7, 11) is 1.70. The lowest BCUT2D eigenvalue weighted by atomic mass is 9.69. The first-order valence-corrected chi connectivity index (χ1v) is 3.60. The first-order valence-electron chi connectivity index (χ1n) is 3.60. The Morgan fingerprint density at radius 3 is 2.55 bits per heavy atom. The summed E-state index contributed by atoms with van der Waals surface area (Å²) >= 11 is 0. The predicted molar refractivity (Wildman–Crippen MR) is 44.0 cm³/mol. The lowest BCUT2D eigenvalue weighted by Gasteiger charge is -2.41. The minimum absolute atomic E-state index is 0. The highest BCUT2D eigenvalue weighted by atomic mass is 35.5. The molecule has 3 fully saturated rings. The zero-order valence-corrected chi connectivity index (χ0v) is 7.45. The standard InChI is InChI=1S/C7H13NO2.ClH/c1-9-5-7-2-6(8,3-7)4-10-7;/h2-5,8H2,1H3;1H. The monoisotopic (exact) mass is 179 g/mol. The second-order valence-electron chi connectivity index (χ2n) is 3.62. The van der Waals surface area contributed by atoms with Crippen LogP contribution in [0.4, 0.5) is 0 Å². The van der Waals surface area contributed by atoms with E-state index in [2.05, 4.69) is 0 Å². The number of ether oxygens (including phenoxy) is 2. The molecule has 2 N–H and O–H groups in total. The average Bonchev–Trinajstić information content (AvgIpc) is 2.21. The van der Waals surface area contributed by atoms with Crippen LogP contribution in [0.3, 0.4) is 0 Å². The zero-order valence-electron chi connectivity index (χ0n) is 6.63. The fraction of sp³-hybridized carbons (Fsp3) is 1.00. The maximum atomic E-state index is 5.88. The molecule has 2 aliphatic heterocycles. The summed E-state index contributed by atoms with van der Waals surface area (Å²) in [5, 5.41) is 0. The molecule has 11 heavy (non-hydrogen) atoms. The minimum Gasteiger partial charge on any atom is -0.382 e. The minimum atomic E-state index is -0.00146. The van der Waals surface area contributed by atoms with Gasteiger partial charge in [-0.1, -0.05) is 0 Å². The van der Waals surface area contributed by atoms with Crippen LogP contribution in [-0.2, 0) is 9.47 Å². The SMILES string of the molecule is COCC12CC(N)(CO1)C2.Cl. The van der Waals surface area contributed by atoms with Gasteiger partial charge in [0.25, 0.3) is 0 Å². The smallest absolute Gasteiger partial charge is 0.0952 e. The van der Waals surface area contributed by atoms with Crippen molar-refractivity contribution in [1.82, 2.24) is 0 Å². The molecular formula is C7H14ClNO2. The molecule has 0 unspecified atom stereocenters. The van der Waals surface area contributed by atoms with E-state index < -0.39 is 0 Å². The largest absolute Gasteiger partial charge is 0.382 e. The number of fused-ring (bicyclic) bond motifs is 1. The zero-order chi connectivity index (χ0) is 7.24. The van der Waals surface area contributed by atoms with E-state index in [1.54, 1.807) is 7.11 Å². The van der Waals surface area contributed by atoms with Crippen LogP contribution in [-0.4, -0.2) is 31.5 Å². The summed E-state index contributed by atoms with van der Waals surface area (Å²) in [6, 6.07) is 0. The van der Waals surface area contributed by atoms with Crippen molar-refractivity contribution in [1.29, 1.82) is 0 Å². The maximum Gasteiger partial charge on any atom is 0.0952 e. The Morgan fingerprint density at radius 2 is 2.18 bits per heavy atom. The van der Waals surface area contributed by atoms with Crippen LogP contribution in [0.1, 0.15) is 12.8 Å². The highest BCUT2D eigenvalue weighted by molar-refractivity contribution is 5.85. The molecule has 0 spiro atoms. The molecule has 4 heteroatoms. The second kappa shape index (κ2) is 2.59. The Morgan fingerprint density at radius 1 is 1.55 bits per heavy atom. The van der Waals surface area contributed by atoms with Crippen molar-refractivity contribution in [3.05, 3.63) is 0 Å². The Hall–Kier alpha value is 0.170. The molecule has 0 atom stereocenters. The van der Waals surface area contributed by atoms with E-state index >= 15 is 0 Å². The van der Waals surface area contributed by atoms with E-state index in [4.69, 9.17) is 15.2 Å². The van der Waals surface area contributed by atoms with E-state index in [9.17, 15) is 0 Å². The number of hydrogen-bond acceptors (Lipinski definition) is 3. The Kier molecular flexibility index (Phi) is 2.18. The van der Waals surface area contributed by atoms with Gasteiger partial charge in [0.15, 0.2) is 0 Å². The summed E-state index contributed by atoms with van der Waals surface area (Å²) in [4.78, 5) is 0. The van der Waals surface area contributed by atoms with Gasteiger partial charge in [-0.2, -0.15) is 0 Å². The molecule has 0 aromatic carbocycles. The first kappa shape index (κ1) is 9.26. The summed E-state index contributed by atoms with van der Waals surface area (Å²) in [5.74, 6) is 0. The van der Waals surface area contributed by atoms with Crippen LogP contribution in [0.25, 0.3) is 0 Å². The lowest BCUT2D eigenvalue weighted by Crippen LogP contribution is -2.56. The number of nitrogens with two attached hydrogens (primary N) is 1. The molecule has 1 aliphatic carbocycles. The Labute approximate surface area is 72.6 Å². The summed E-state index contributed by atoms with van der Waals surface area (Å²) in [6.07, 6.45) is 1.96. The van der Waals surface area contributed by atoms with Gasteiger partial charge in [0.05, 0.1) is 18.8 Å². The quantitative estimate of drug-likeness (QED) is 0.664. The van der Waals surface area contributed by atoms with E-state index in [-0.39, 0.29) is 23.5 Å². The van der Waals surface area contributed by atoms with Gasteiger partial charge in [-0.25, -0.2) is 0 Å². The molecule has 2 bridgehead atoms. The molecule has 0 aromatic heterocycles. The normalized spacial score (nSPS) is 46.4. The Balaban J connectivity index is 0.000000605.